The Bertz CT molecular complexity index is 810. The fourth-order valence-electron chi connectivity index (χ4n) is 2.75. The summed E-state index contributed by atoms with van der Waals surface area (Å²) in [4.78, 5) is 35.5. The molecule has 0 saturated carbocycles. The van der Waals surface area contributed by atoms with Gasteiger partial charge in [0, 0.05) is 6.07 Å². The normalized spacial score (nSPS) is 11.2. The number of aliphatic carboxylic acids is 1. The Labute approximate surface area is 151 Å². The zero-order chi connectivity index (χ0) is 19.3. The van der Waals surface area contributed by atoms with Crippen molar-refractivity contribution in [2.45, 2.75) is 38.6 Å². The first-order valence-electron chi connectivity index (χ1n) is 8.31. The number of rotatable bonds is 8. The van der Waals surface area contributed by atoms with Gasteiger partial charge in [0.15, 0.2) is 5.69 Å². The van der Waals surface area contributed by atoms with Crippen LogP contribution in [-0.4, -0.2) is 38.2 Å². The molecule has 138 valence electrons. The van der Waals surface area contributed by atoms with Crippen molar-refractivity contribution < 1.29 is 19.5 Å². The largest absolute Gasteiger partial charge is 0.481 e. The molecule has 0 bridgehead atoms. The van der Waals surface area contributed by atoms with Crippen molar-refractivity contribution in [2.75, 3.05) is 0 Å². The number of carboxylic acids is 1. The topological polar surface area (TPSA) is 127 Å². The van der Waals surface area contributed by atoms with Crippen molar-refractivity contribution in [2.24, 2.45) is 5.73 Å². The fourth-order valence-corrected chi connectivity index (χ4v) is 2.75. The van der Waals surface area contributed by atoms with Gasteiger partial charge in [0.1, 0.15) is 5.69 Å². The molecule has 2 aromatic rings. The molecule has 0 aliphatic rings. The van der Waals surface area contributed by atoms with E-state index in [4.69, 9.17) is 10.8 Å². The lowest BCUT2D eigenvalue weighted by atomic mass is 9.89. The maximum absolute atomic E-state index is 12.6. The maximum atomic E-state index is 12.6. The Morgan fingerprint density at radius 1 is 1.19 bits per heavy atom. The SMILES string of the molecule is CCC(CC)(CC(=O)O)NC(=O)c1cc(C(N)=O)n(-c2ccccc2)n1. The van der Waals surface area contributed by atoms with Gasteiger partial charge in [0.05, 0.1) is 17.6 Å². The predicted octanol–water partition coefficient (Wildman–Crippen LogP) is 1.73. The van der Waals surface area contributed by atoms with Crippen LogP contribution >= 0.6 is 0 Å². The van der Waals surface area contributed by atoms with E-state index in [0.717, 1.165) is 0 Å². The van der Waals surface area contributed by atoms with Gasteiger partial charge < -0.3 is 16.2 Å². The van der Waals surface area contributed by atoms with E-state index in [2.05, 4.69) is 10.4 Å². The number of aromatic nitrogens is 2. The molecule has 0 aliphatic heterocycles. The van der Waals surface area contributed by atoms with Crippen molar-refractivity contribution in [1.82, 2.24) is 15.1 Å². The Balaban J connectivity index is 2.38. The Morgan fingerprint density at radius 2 is 1.81 bits per heavy atom. The number of para-hydroxylation sites is 1. The molecule has 1 aromatic heterocycles. The first-order valence-corrected chi connectivity index (χ1v) is 8.31. The van der Waals surface area contributed by atoms with Gasteiger partial charge in [-0.2, -0.15) is 5.10 Å². The number of nitrogens with one attached hydrogen (secondary N) is 1. The van der Waals surface area contributed by atoms with Crippen LogP contribution in [0, 0.1) is 0 Å². The fraction of sp³-hybridized carbons (Fsp3) is 0.333. The molecule has 0 unspecified atom stereocenters. The summed E-state index contributed by atoms with van der Waals surface area (Å²) < 4.78 is 1.30. The first kappa shape index (κ1) is 19.2. The molecule has 0 saturated heterocycles. The smallest absolute Gasteiger partial charge is 0.305 e. The summed E-state index contributed by atoms with van der Waals surface area (Å²) in [5, 5.41) is 16.1. The average Bonchev–Trinajstić information content (AvgIpc) is 3.07. The minimum absolute atomic E-state index is 0.000633. The third kappa shape index (κ3) is 4.08. The summed E-state index contributed by atoms with van der Waals surface area (Å²) >= 11 is 0. The van der Waals surface area contributed by atoms with E-state index in [-0.39, 0.29) is 17.8 Å². The van der Waals surface area contributed by atoms with Crippen LogP contribution in [0.4, 0.5) is 0 Å². The average molecular weight is 358 g/mol. The molecule has 8 nitrogen and oxygen atoms in total. The van der Waals surface area contributed by atoms with E-state index in [1.165, 1.54) is 10.7 Å². The lowest BCUT2D eigenvalue weighted by Crippen LogP contribution is -2.49. The highest BCUT2D eigenvalue weighted by Crippen LogP contribution is 2.21. The van der Waals surface area contributed by atoms with Crippen LogP contribution in [0.3, 0.4) is 0 Å². The van der Waals surface area contributed by atoms with Crippen LogP contribution in [0.2, 0.25) is 0 Å². The van der Waals surface area contributed by atoms with Gasteiger partial charge in [-0.3, -0.25) is 14.4 Å². The van der Waals surface area contributed by atoms with E-state index in [0.29, 0.717) is 18.5 Å². The van der Waals surface area contributed by atoms with Crippen LogP contribution in [0.25, 0.3) is 5.69 Å². The molecule has 2 rings (SSSR count). The summed E-state index contributed by atoms with van der Waals surface area (Å²) in [5.74, 6) is -2.27. The Morgan fingerprint density at radius 3 is 2.31 bits per heavy atom. The van der Waals surface area contributed by atoms with Crippen LogP contribution in [0.5, 0.6) is 0 Å². The van der Waals surface area contributed by atoms with E-state index in [1.807, 2.05) is 19.9 Å². The van der Waals surface area contributed by atoms with E-state index in [9.17, 15) is 14.4 Å². The molecular formula is C18H22N4O4. The molecule has 8 heteroatoms. The first-order chi connectivity index (χ1) is 12.3. The molecule has 26 heavy (non-hydrogen) atoms. The summed E-state index contributed by atoms with van der Waals surface area (Å²) in [7, 11) is 0. The van der Waals surface area contributed by atoms with Crippen molar-refractivity contribution in [3.63, 3.8) is 0 Å². The highest BCUT2D eigenvalue weighted by Gasteiger charge is 2.32. The van der Waals surface area contributed by atoms with Gasteiger partial charge >= 0.3 is 5.97 Å². The second kappa shape index (κ2) is 7.81. The zero-order valence-corrected chi connectivity index (χ0v) is 14.7. The highest BCUT2D eigenvalue weighted by molar-refractivity contribution is 5.98. The van der Waals surface area contributed by atoms with Gasteiger partial charge in [0.2, 0.25) is 0 Å². The number of hydrogen-bond donors (Lipinski definition) is 3. The molecule has 1 heterocycles. The van der Waals surface area contributed by atoms with E-state index < -0.39 is 23.3 Å². The van der Waals surface area contributed by atoms with E-state index >= 15 is 0 Å². The minimum Gasteiger partial charge on any atom is -0.481 e. The molecule has 1 aromatic carbocycles. The predicted molar refractivity (Wildman–Crippen MR) is 95.1 cm³/mol. The number of hydrogen-bond acceptors (Lipinski definition) is 4. The third-order valence-corrected chi connectivity index (χ3v) is 4.42. The van der Waals surface area contributed by atoms with Crippen molar-refractivity contribution >= 4 is 17.8 Å². The number of carbonyl (C=O) groups excluding carboxylic acids is 2. The van der Waals surface area contributed by atoms with Crippen LogP contribution in [-0.2, 0) is 4.79 Å². The molecule has 2 amide bonds. The van der Waals surface area contributed by atoms with Gasteiger partial charge in [-0.1, -0.05) is 32.0 Å². The second-order valence-corrected chi connectivity index (χ2v) is 6.04. The van der Waals surface area contributed by atoms with Gasteiger partial charge in [-0.25, -0.2) is 4.68 Å². The second-order valence-electron chi connectivity index (χ2n) is 6.04. The number of primary amides is 1. The van der Waals surface area contributed by atoms with Crippen molar-refractivity contribution in [3.8, 4) is 5.69 Å². The monoisotopic (exact) mass is 358 g/mol. The molecule has 0 spiro atoms. The number of carboxylic acid groups (broad SMARTS) is 1. The molecule has 0 atom stereocenters. The van der Waals surface area contributed by atoms with Gasteiger partial charge in [0.25, 0.3) is 11.8 Å². The van der Waals surface area contributed by atoms with Crippen LogP contribution in [0.1, 0.15) is 54.1 Å². The van der Waals surface area contributed by atoms with Gasteiger partial charge in [-0.05, 0) is 25.0 Å². The lowest BCUT2D eigenvalue weighted by Gasteiger charge is -2.31. The Kier molecular flexibility index (Phi) is 5.76. The number of nitrogens with two attached hydrogens (primary N) is 1. The Hall–Kier alpha value is -3.16. The summed E-state index contributed by atoms with van der Waals surface area (Å²) in [6.45, 7) is 3.62. The minimum atomic E-state index is -0.998. The van der Waals surface area contributed by atoms with Crippen LogP contribution in [0.15, 0.2) is 36.4 Å². The van der Waals surface area contributed by atoms with Crippen molar-refractivity contribution in [1.29, 1.82) is 0 Å². The standard InChI is InChI=1S/C18H22N4O4/c1-3-18(4-2,11-15(23)24)20-17(26)13-10-14(16(19)25)22(21-13)12-8-6-5-7-9-12/h5-10H,3-4,11H2,1-2H3,(H2,19,25)(H,20,26)(H,23,24). The summed E-state index contributed by atoms with van der Waals surface area (Å²) in [5.41, 5.74) is 5.17. The number of nitrogens with zero attached hydrogens (tertiary/aromatic N) is 2. The zero-order valence-electron chi connectivity index (χ0n) is 14.7. The molecular weight excluding hydrogens is 336 g/mol. The number of carbonyl (C=O) groups is 3. The number of amides is 2. The maximum Gasteiger partial charge on any atom is 0.305 e. The highest BCUT2D eigenvalue weighted by atomic mass is 16.4. The lowest BCUT2D eigenvalue weighted by molar-refractivity contribution is -0.138. The summed E-state index contributed by atoms with van der Waals surface area (Å²) in [6, 6.07) is 10.1. The van der Waals surface area contributed by atoms with E-state index in [1.54, 1.807) is 24.3 Å². The quantitative estimate of drug-likeness (QED) is 0.662. The molecule has 0 aliphatic carbocycles. The summed E-state index contributed by atoms with van der Waals surface area (Å²) in [6.07, 6.45) is 0.695. The number of benzene rings is 1. The van der Waals surface area contributed by atoms with Crippen LogP contribution < -0.4 is 11.1 Å². The molecule has 4 N–H and O–H groups in total. The molecule has 0 fully saturated rings. The molecule has 0 radical (unpaired) electrons. The van der Waals surface area contributed by atoms with Crippen molar-refractivity contribution in [3.05, 3.63) is 47.8 Å². The third-order valence-electron chi connectivity index (χ3n) is 4.42. The van der Waals surface area contributed by atoms with Gasteiger partial charge in [-0.15, -0.1) is 0 Å².